The first kappa shape index (κ1) is 25.1. The van der Waals surface area contributed by atoms with Crippen molar-refractivity contribution in [2.45, 2.75) is 38.3 Å². The maximum Gasteiger partial charge on any atom is 0.247 e. The van der Waals surface area contributed by atoms with E-state index >= 15 is 0 Å². The number of carbonyl (C=O) groups excluding carboxylic acids is 1. The van der Waals surface area contributed by atoms with E-state index in [1.165, 1.54) is 37.9 Å². The smallest absolute Gasteiger partial charge is 0.247 e. The molecule has 4 aromatic rings. The van der Waals surface area contributed by atoms with Crippen LogP contribution in [0.2, 0.25) is 0 Å². The van der Waals surface area contributed by atoms with E-state index in [2.05, 4.69) is 62.9 Å². The van der Waals surface area contributed by atoms with Crippen LogP contribution in [0.4, 0.5) is 0 Å². The quantitative estimate of drug-likeness (QED) is 0.279. The summed E-state index contributed by atoms with van der Waals surface area (Å²) in [4.78, 5) is 15.2. The first-order valence-corrected chi connectivity index (χ1v) is 13.8. The number of piperidine rings is 1. The summed E-state index contributed by atoms with van der Waals surface area (Å²) in [6.45, 7) is 3.46. The van der Waals surface area contributed by atoms with Crippen molar-refractivity contribution in [3.05, 3.63) is 100 Å². The predicted octanol–water partition coefficient (Wildman–Crippen LogP) is 6.37. The monoisotopic (exact) mass is 518 g/mol. The Morgan fingerprint density at radius 3 is 2.62 bits per heavy atom. The van der Waals surface area contributed by atoms with E-state index in [9.17, 15) is 4.79 Å². The standard InChI is InChI=1S/C33H34N4O2/c1-39-28-7-5-6-26(20-28)31-21-27(33(38)34-31)18-25-12-14-29-30(35-36-32(29)19-25)15-13-23-8-10-24(11-9-23)22-37-16-3-2-4-17-37/h5-15,18-20,31H,2-4,16-17,21-22H2,1H3,(H,34,38)(H,35,36)/b15-13?,27-18+. The van der Waals surface area contributed by atoms with Gasteiger partial charge >= 0.3 is 0 Å². The summed E-state index contributed by atoms with van der Waals surface area (Å²) < 4.78 is 5.34. The Kier molecular flexibility index (Phi) is 7.28. The fraction of sp³-hybridized carbons (Fsp3) is 0.273. The second kappa shape index (κ2) is 11.3. The molecule has 6 nitrogen and oxygen atoms in total. The summed E-state index contributed by atoms with van der Waals surface area (Å²) in [6, 6.07) is 22.8. The van der Waals surface area contributed by atoms with Crippen molar-refractivity contribution in [2.24, 2.45) is 0 Å². The van der Waals surface area contributed by atoms with Crippen LogP contribution in [0.3, 0.4) is 0 Å². The van der Waals surface area contributed by atoms with Crippen molar-refractivity contribution in [1.29, 1.82) is 0 Å². The SMILES string of the molecule is COc1cccc(C2C/C(=C\c3ccc4c(C=Cc5ccc(CN6CCCCC6)cc5)n[nH]c4c3)C(=O)N2)c1. The first-order valence-electron chi connectivity index (χ1n) is 13.8. The third-order valence-electron chi connectivity index (χ3n) is 7.74. The van der Waals surface area contributed by atoms with Crippen LogP contribution < -0.4 is 10.1 Å². The summed E-state index contributed by atoms with van der Waals surface area (Å²) in [5.74, 6) is 0.761. The summed E-state index contributed by atoms with van der Waals surface area (Å²) in [5, 5.41) is 11.8. The molecule has 2 N–H and O–H groups in total. The van der Waals surface area contributed by atoms with Crippen LogP contribution in [-0.2, 0) is 11.3 Å². The second-order valence-corrected chi connectivity index (χ2v) is 10.5. The van der Waals surface area contributed by atoms with Crippen molar-refractivity contribution < 1.29 is 9.53 Å². The Morgan fingerprint density at radius 2 is 1.79 bits per heavy atom. The van der Waals surface area contributed by atoms with Crippen LogP contribution in [0, 0.1) is 0 Å². The number of fused-ring (bicyclic) bond motifs is 1. The van der Waals surface area contributed by atoms with Crippen molar-refractivity contribution in [2.75, 3.05) is 20.2 Å². The van der Waals surface area contributed by atoms with Crippen LogP contribution >= 0.6 is 0 Å². The average molecular weight is 519 g/mol. The number of aromatic amines is 1. The lowest BCUT2D eigenvalue weighted by atomic mass is 10.0. The molecule has 1 unspecified atom stereocenters. The molecule has 2 aliphatic heterocycles. The van der Waals surface area contributed by atoms with E-state index in [1.807, 2.05) is 42.5 Å². The highest BCUT2D eigenvalue weighted by molar-refractivity contribution is 6.01. The van der Waals surface area contributed by atoms with E-state index in [-0.39, 0.29) is 11.9 Å². The molecule has 1 aromatic heterocycles. The molecule has 2 aliphatic rings. The van der Waals surface area contributed by atoms with Crippen molar-refractivity contribution in [3.8, 4) is 5.75 Å². The average Bonchev–Trinajstić information content (AvgIpc) is 3.55. The van der Waals surface area contributed by atoms with Gasteiger partial charge in [-0.25, -0.2) is 0 Å². The summed E-state index contributed by atoms with van der Waals surface area (Å²) >= 11 is 0. The highest BCUT2D eigenvalue weighted by atomic mass is 16.5. The molecule has 0 saturated carbocycles. The minimum atomic E-state index is -0.0506. The molecule has 198 valence electrons. The van der Waals surface area contributed by atoms with Crippen LogP contribution in [0.25, 0.3) is 29.1 Å². The lowest BCUT2D eigenvalue weighted by Gasteiger charge is -2.26. The maximum atomic E-state index is 12.7. The highest BCUT2D eigenvalue weighted by Gasteiger charge is 2.27. The molecular formula is C33H34N4O2. The van der Waals surface area contributed by atoms with E-state index in [0.717, 1.165) is 51.2 Å². The maximum absolute atomic E-state index is 12.7. The van der Waals surface area contributed by atoms with Gasteiger partial charge < -0.3 is 10.1 Å². The number of nitrogens with one attached hydrogen (secondary N) is 2. The Balaban J connectivity index is 1.13. The number of ether oxygens (including phenoxy) is 1. The Labute approximate surface area is 229 Å². The molecule has 3 aromatic carbocycles. The van der Waals surface area contributed by atoms with Crippen LogP contribution in [0.5, 0.6) is 5.75 Å². The van der Waals surface area contributed by atoms with Gasteiger partial charge in [0.25, 0.3) is 0 Å². The molecule has 2 saturated heterocycles. The van der Waals surface area contributed by atoms with Gasteiger partial charge in [0.1, 0.15) is 5.75 Å². The van der Waals surface area contributed by atoms with Crippen LogP contribution in [0.1, 0.15) is 59.7 Å². The Hall–Kier alpha value is -4.16. The molecule has 0 spiro atoms. The number of methoxy groups -OCH3 is 1. The zero-order valence-corrected chi connectivity index (χ0v) is 22.3. The lowest BCUT2D eigenvalue weighted by Crippen LogP contribution is -2.28. The predicted molar refractivity (Wildman–Crippen MR) is 157 cm³/mol. The number of amides is 1. The zero-order valence-electron chi connectivity index (χ0n) is 22.3. The molecular weight excluding hydrogens is 484 g/mol. The number of carbonyl (C=O) groups is 1. The van der Waals surface area contributed by atoms with Gasteiger partial charge in [0.2, 0.25) is 5.91 Å². The lowest BCUT2D eigenvalue weighted by molar-refractivity contribution is -0.116. The van der Waals surface area contributed by atoms with E-state index in [1.54, 1.807) is 7.11 Å². The van der Waals surface area contributed by atoms with Gasteiger partial charge in [-0.3, -0.25) is 14.8 Å². The van der Waals surface area contributed by atoms with Gasteiger partial charge in [0.15, 0.2) is 0 Å². The number of H-pyrrole nitrogens is 1. The van der Waals surface area contributed by atoms with Gasteiger partial charge in [-0.2, -0.15) is 5.10 Å². The summed E-state index contributed by atoms with van der Waals surface area (Å²) in [5.41, 5.74) is 7.16. The van der Waals surface area contributed by atoms with Gasteiger partial charge in [-0.15, -0.1) is 0 Å². The van der Waals surface area contributed by atoms with Gasteiger partial charge in [-0.1, -0.05) is 55.0 Å². The Bertz CT molecular complexity index is 1530. The molecule has 3 heterocycles. The van der Waals surface area contributed by atoms with Crippen LogP contribution in [0.15, 0.2) is 72.3 Å². The molecule has 6 heteroatoms. The number of hydrogen-bond donors (Lipinski definition) is 2. The number of benzene rings is 3. The minimum Gasteiger partial charge on any atom is -0.497 e. The van der Waals surface area contributed by atoms with E-state index < -0.39 is 0 Å². The zero-order chi connectivity index (χ0) is 26.6. The Morgan fingerprint density at radius 1 is 0.974 bits per heavy atom. The molecule has 2 fully saturated rings. The molecule has 0 aliphatic carbocycles. The topological polar surface area (TPSA) is 70.2 Å². The van der Waals surface area contributed by atoms with Gasteiger partial charge in [0, 0.05) is 23.9 Å². The molecule has 0 radical (unpaired) electrons. The summed E-state index contributed by atoms with van der Waals surface area (Å²) in [7, 11) is 1.65. The number of nitrogens with zero attached hydrogens (tertiary/aromatic N) is 2. The minimum absolute atomic E-state index is 0.0295. The molecule has 6 rings (SSSR count). The molecule has 39 heavy (non-hydrogen) atoms. The third kappa shape index (κ3) is 5.81. The van der Waals surface area contributed by atoms with Crippen molar-refractivity contribution in [1.82, 2.24) is 20.4 Å². The molecule has 1 atom stereocenters. The largest absolute Gasteiger partial charge is 0.497 e. The number of rotatable bonds is 7. The van der Waals surface area contributed by atoms with Crippen molar-refractivity contribution in [3.63, 3.8) is 0 Å². The number of likely N-dealkylation sites (tertiary alicyclic amines) is 1. The van der Waals surface area contributed by atoms with Crippen molar-refractivity contribution >= 4 is 35.0 Å². The third-order valence-corrected chi connectivity index (χ3v) is 7.74. The normalized spacial score (nSPS) is 19.3. The fourth-order valence-corrected chi connectivity index (χ4v) is 5.56. The van der Waals surface area contributed by atoms with Gasteiger partial charge in [0.05, 0.1) is 24.4 Å². The van der Waals surface area contributed by atoms with E-state index in [0.29, 0.717) is 6.42 Å². The summed E-state index contributed by atoms with van der Waals surface area (Å²) in [6.07, 6.45) is 10.8. The molecule has 0 bridgehead atoms. The second-order valence-electron chi connectivity index (χ2n) is 10.5. The number of aromatic nitrogens is 2. The van der Waals surface area contributed by atoms with Gasteiger partial charge in [-0.05, 0) is 84.6 Å². The van der Waals surface area contributed by atoms with E-state index in [4.69, 9.17) is 4.74 Å². The fourth-order valence-electron chi connectivity index (χ4n) is 5.56. The first-order chi connectivity index (χ1) is 19.1. The number of hydrogen-bond acceptors (Lipinski definition) is 4. The molecule has 1 amide bonds. The highest BCUT2D eigenvalue weighted by Crippen LogP contribution is 2.31. The van der Waals surface area contributed by atoms with Crippen LogP contribution in [-0.4, -0.2) is 41.2 Å².